The van der Waals surface area contributed by atoms with Gasteiger partial charge in [-0.1, -0.05) is 68.2 Å². The number of nitrogens with zero attached hydrogens (tertiary/aromatic N) is 1. The Morgan fingerprint density at radius 3 is 2.19 bits per heavy atom. The van der Waals surface area contributed by atoms with Crippen molar-refractivity contribution in [2.24, 2.45) is 11.3 Å². The van der Waals surface area contributed by atoms with Crippen LogP contribution in [-0.4, -0.2) is 47.3 Å². The smallest absolute Gasteiger partial charge is 0.304 e. The summed E-state index contributed by atoms with van der Waals surface area (Å²) in [7, 11) is -3.53. The highest BCUT2D eigenvalue weighted by atomic mass is 35.5. The standard InChI is InChI=1S/C28H35Cl2NO5S/c1-17(2)24(16-37(35,36)18(3)4)31-26(19-9-11-21(29)12-10-19)23(20-7-6-8-22(30)13-20)14-28(5,27(31)34)15-25(32)33/h6-13,17-18,23-24,26H,14-16H2,1-5H3,(H,32,33)/t23-,24+,26-,28-/m0/s1. The molecule has 0 saturated carbocycles. The molecule has 2 aromatic carbocycles. The molecule has 1 aliphatic rings. The lowest BCUT2D eigenvalue weighted by Crippen LogP contribution is -2.59. The fourth-order valence-corrected chi connectivity index (χ4v) is 7.00. The van der Waals surface area contributed by atoms with E-state index in [2.05, 4.69) is 0 Å². The number of carboxylic acids is 1. The maximum Gasteiger partial charge on any atom is 0.304 e. The molecule has 0 aromatic heterocycles. The second kappa shape index (κ2) is 11.3. The number of hydrogen-bond acceptors (Lipinski definition) is 4. The summed E-state index contributed by atoms with van der Waals surface area (Å²) in [6.45, 7) is 8.71. The van der Waals surface area contributed by atoms with Gasteiger partial charge in [0.15, 0.2) is 9.84 Å². The number of rotatable bonds is 9. The van der Waals surface area contributed by atoms with Crippen molar-refractivity contribution < 1.29 is 23.1 Å². The van der Waals surface area contributed by atoms with Crippen LogP contribution in [0.5, 0.6) is 0 Å². The average molecular weight is 569 g/mol. The van der Waals surface area contributed by atoms with E-state index < -0.39 is 38.6 Å². The van der Waals surface area contributed by atoms with Crippen LogP contribution in [0, 0.1) is 11.3 Å². The Bertz CT molecular complexity index is 1250. The maximum absolute atomic E-state index is 14.3. The summed E-state index contributed by atoms with van der Waals surface area (Å²) < 4.78 is 26.3. The van der Waals surface area contributed by atoms with Crippen molar-refractivity contribution in [3.8, 4) is 0 Å². The van der Waals surface area contributed by atoms with E-state index in [1.54, 1.807) is 43.9 Å². The summed E-state index contributed by atoms with van der Waals surface area (Å²) in [5, 5.41) is 10.2. The third kappa shape index (κ3) is 6.50. The van der Waals surface area contributed by atoms with E-state index in [1.165, 1.54) is 0 Å². The predicted octanol–water partition coefficient (Wildman–Crippen LogP) is 6.38. The van der Waals surface area contributed by atoms with Crippen molar-refractivity contribution in [3.63, 3.8) is 0 Å². The van der Waals surface area contributed by atoms with Crippen LogP contribution in [0.1, 0.15) is 70.5 Å². The lowest BCUT2D eigenvalue weighted by molar-refractivity contribution is -0.161. The van der Waals surface area contributed by atoms with Crippen LogP contribution in [0.3, 0.4) is 0 Å². The topological polar surface area (TPSA) is 91.8 Å². The molecule has 1 saturated heterocycles. The van der Waals surface area contributed by atoms with Gasteiger partial charge in [0, 0.05) is 22.0 Å². The van der Waals surface area contributed by atoms with Crippen LogP contribution in [0.4, 0.5) is 0 Å². The summed E-state index contributed by atoms with van der Waals surface area (Å²) in [5.41, 5.74) is 0.416. The predicted molar refractivity (Wildman–Crippen MR) is 148 cm³/mol. The number of carbonyl (C=O) groups excluding carboxylic acids is 1. The fraction of sp³-hybridized carbons (Fsp3) is 0.500. The number of carboxylic acid groups (broad SMARTS) is 1. The van der Waals surface area contributed by atoms with Crippen molar-refractivity contribution >= 4 is 44.9 Å². The number of halogens is 2. The summed E-state index contributed by atoms with van der Waals surface area (Å²) in [6, 6.07) is 13.3. The highest BCUT2D eigenvalue weighted by Gasteiger charge is 2.53. The minimum atomic E-state index is -3.53. The van der Waals surface area contributed by atoms with Gasteiger partial charge >= 0.3 is 5.97 Å². The van der Waals surface area contributed by atoms with E-state index in [0.717, 1.165) is 11.1 Å². The molecule has 1 aliphatic heterocycles. The number of hydrogen-bond donors (Lipinski definition) is 1. The van der Waals surface area contributed by atoms with E-state index in [9.17, 15) is 23.1 Å². The van der Waals surface area contributed by atoms with Gasteiger partial charge in [0.2, 0.25) is 5.91 Å². The minimum Gasteiger partial charge on any atom is -0.481 e. The van der Waals surface area contributed by atoms with Crippen LogP contribution in [0.25, 0.3) is 0 Å². The molecule has 202 valence electrons. The third-order valence-electron chi connectivity index (χ3n) is 7.38. The molecule has 0 aliphatic carbocycles. The Kier molecular flexibility index (Phi) is 9.03. The van der Waals surface area contributed by atoms with Gasteiger partial charge in [-0.05, 0) is 61.6 Å². The molecule has 2 aromatic rings. The van der Waals surface area contributed by atoms with Crippen molar-refractivity contribution in [3.05, 3.63) is 69.7 Å². The van der Waals surface area contributed by atoms with Gasteiger partial charge in [-0.3, -0.25) is 9.59 Å². The highest BCUT2D eigenvalue weighted by molar-refractivity contribution is 7.92. The van der Waals surface area contributed by atoms with E-state index in [4.69, 9.17) is 23.2 Å². The quantitative estimate of drug-likeness (QED) is 0.379. The first-order valence-electron chi connectivity index (χ1n) is 12.4. The SMILES string of the molecule is CC(C)[C@@H](CS(=O)(=O)C(C)C)N1C(=O)[C@](C)(CC(=O)O)C[C@@H](c2cccc(Cl)c2)[C@@H]1c1ccc(Cl)cc1. The monoisotopic (exact) mass is 567 g/mol. The number of carbonyl (C=O) groups is 2. The Morgan fingerprint density at radius 1 is 1.05 bits per heavy atom. The van der Waals surface area contributed by atoms with Crippen molar-refractivity contribution in [2.45, 2.75) is 70.7 Å². The first-order valence-corrected chi connectivity index (χ1v) is 14.9. The molecule has 1 amide bonds. The van der Waals surface area contributed by atoms with E-state index in [0.29, 0.717) is 10.0 Å². The fourth-order valence-electron chi connectivity index (χ4n) is 5.27. The first kappa shape index (κ1) is 29.5. The number of likely N-dealkylation sites (tertiary alicyclic amines) is 1. The summed E-state index contributed by atoms with van der Waals surface area (Å²) in [6.07, 6.45) is -0.0987. The van der Waals surface area contributed by atoms with Crippen LogP contribution in [0.2, 0.25) is 10.0 Å². The Balaban J connectivity index is 2.30. The Labute approximate surface area is 229 Å². The van der Waals surface area contributed by atoms with Crippen LogP contribution in [-0.2, 0) is 19.4 Å². The Hall–Kier alpha value is -2.09. The molecule has 37 heavy (non-hydrogen) atoms. The van der Waals surface area contributed by atoms with Crippen molar-refractivity contribution in [1.82, 2.24) is 4.90 Å². The van der Waals surface area contributed by atoms with Crippen LogP contribution < -0.4 is 0 Å². The maximum atomic E-state index is 14.3. The largest absolute Gasteiger partial charge is 0.481 e. The second-order valence-corrected chi connectivity index (χ2v) is 14.4. The van der Waals surface area contributed by atoms with Gasteiger partial charge in [0.1, 0.15) is 0 Å². The van der Waals surface area contributed by atoms with Gasteiger partial charge in [-0.15, -0.1) is 0 Å². The molecule has 4 atom stereocenters. The number of amides is 1. The Morgan fingerprint density at radius 2 is 1.68 bits per heavy atom. The zero-order chi connectivity index (χ0) is 27.7. The van der Waals surface area contributed by atoms with Gasteiger partial charge in [-0.25, -0.2) is 8.42 Å². The van der Waals surface area contributed by atoms with Crippen molar-refractivity contribution in [2.75, 3.05) is 5.75 Å². The number of aliphatic carboxylic acids is 1. The van der Waals surface area contributed by atoms with Gasteiger partial charge in [0.05, 0.1) is 28.9 Å². The number of sulfone groups is 1. The molecule has 0 bridgehead atoms. The summed E-state index contributed by atoms with van der Waals surface area (Å²) in [5.74, 6) is -2.19. The summed E-state index contributed by atoms with van der Waals surface area (Å²) in [4.78, 5) is 27.9. The third-order valence-corrected chi connectivity index (χ3v) is 10.1. The lowest BCUT2D eigenvalue weighted by atomic mass is 9.66. The average Bonchev–Trinajstić information content (AvgIpc) is 2.79. The molecule has 3 rings (SSSR count). The van der Waals surface area contributed by atoms with Crippen LogP contribution >= 0.6 is 23.2 Å². The summed E-state index contributed by atoms with van der Waals surface area (Å²) >= 11 is 12.5. The van der Waals surface area contributed by atoms with Gasteiger partial charge in [0.25, 0.3) is 0 Å². The van der Waals surface area contributed by atoms with Crippen molar-refractivity contribution in [1.29, 1.82) is 0 Å². The molecule has 9 heteroatoms. The molecular weight excluding hydrogens is 533 g/mol. The van der Waals surface area contributed by atoms with Gasteiger partial charge < -0.3 is 10.0 Å². The molecule has 0 spiro atoms. The number of piperidine rings is 1. The highest BCUT2D eigenvalue weighted by Crippen LogP contribution is 2.52. The van der Waals surface area contributed by atoms with E-state index in [1.807, 2.05) is 44.2 Å². The zero-order valence-electron chi connectivity index (χ0n) is 21.8. The first-order chi connectivity index (χ1) is 17.2. The molecule has 1 fully saturated rings. The molecule has 0 radical (unpaired) electrons. The van der Waals surface area contributed by atoms with Gasteiger partial charge in [-0.2, -0.15) is 0 Å². The normalized spacial score (nSPS) is 23.5. The molecule has 1 N–H and O–H groups in total. The molecule has 6 nitrogen and oxygen atoms in total. The lowest BCUT2D eigenvalue weighted by Gasteiger charge is -2.52. The second-order valence-electron chi connectivity index (χ2n) is 10.9. The zero-order valence-corrected chi connectivity index (χ0v) is 24.1. The molecule has 0 unspecified atom stereocenters. The van der Waals surface area contributed by atoms with E-state index in [-0.39, 0.29) is 36.3 Å². The van der Waals surface area contributed by atoms with Crippen LogP contribution in [0.15, 0.2) is 48.5 Å². The molecular formula is C28H35Cl2NO5S. The molecule has 1 heterocycles. The minimum absolute atomic E-state index is 0.209. The number of benzene rings is 2. The van der Waals surface area contributed by atoms with E-state index >= 15 is 0 Å².